The standard InChI is InChI=1S/C30H44N6O6.5H2/c1-3-4-9-32-16-25(38)33-22(7-8-24(37)29(41)31-2)28(40)34-23-6-5-10-36(30(23)42)17-26(39)35-27-20-12-18-11-19(14-20)15-21(27)13-18;;;;;/h5-6,10,18-22,27,32H,3-4,7-9,11-17H2,1-2H3,(H,31,41)(H,33,38)(H,34,40)(H,35,39);5*1H/t18?,19?,20?,21?,22-,27?;;;;;/m0...../s1. The molecule has 4 aliphatic carbocycles. The minimum atomic E-state index is -1.16. The first kappa shape index (κ1) is 31.4. The van der Waals surface area contributed by atoms with Crippen molar-refractivity contribution in [2.75, 3.05) is 25.5 Å². The molecule has 1 aromatic rings. The molecule has 5 N–H and O–H groups in total. The van der Waals surface area contributed by atoms with Crippen LogP contribution in [0.1, 0.15) is 71.8 Å². The van der Waals surface area contributed by atoms with Gasteiger partial charge in [0.15, 0.2) is 0 Å². The van der Waals surface area contributed by atoms with Gasteiger partial charge in [0.2, 0.25) is 23.5 Å². The molecule has 1 heterocycles. The highest BCUT2D eigenvalue weighted by molar-refractivity contribution is 6.36. The number of hydrogen-bond donors (Lipinski definition) is 5. The number of unbranched alkanes of at least 4 members (excludes halogenated alkanes) is 1. The smallest absolute Gasteiger partial charge is 0.287 e. The third-order valence-corrected chi connectivity index (χ3v) is 8.93. The molecule has 1 aromatic heterocycles. The van der Waals surface area contributed by atoms with E-state index >= 15 is 0 Å². The Kier molecular flexibility index (Phi) is 10.9. The Morgan fingerprint density at radius 3 is 2.36 bits per heavy atom. The van der Waals surface area contributed by atoms with E-state index in [0.29, 0.717) is 18.4 Å². The topological polar surface area (TPSA) is 168 Å². The van der Waals surface area contributed by atoms with Crippen molar-refractivity contribution >= 4 is 35.1 Å². The summed E-state index contributed by atoms with van der Waals surface area (Å²) in [6.07, 6.45) is 8.93. The number of nitrogens with zero attached hydrogens (tertiary/aromatic N) is 1. The lowest BCUT2D eigenvalue weighted by atomic mass is 9.54. The Bertz CT molecular complexity index is 1220. The molecule has 4 saturated carbocycles. The molecule has 240 valence electrons. The van der Waals surface area contributed by atoms with Crippen LogP contribution in [0.5, 0.6) is 0 Å². The Morgan fingerprint density at radius 1 is 1.02 bits per heavy atom. The fourth-order valence-corrected chi connectivity index (χ4v) is 7.07. The van der Waals surface area contributed by atoms with Gasteiger partial charge in [-0.2, -0.15) is 0 Å². The number of nitrogens with one attached hydrogen (secondary N) is 5. The molecular weight excluding hydrogens is 540 g/mol. The van der Waals surface area contributed by atoms with E-state index in [1.54, 1.807) is 6.07 Å². The molecule has 0 aliphatic heterocycles. The normalized spacial score (nSPS) is 24.5. The highest BCUT2D eigenvalue weighted by Crippen LogP contribution is 2.53. The predicted octanol–water partition coefficient (Wildman–Crippen LogP) is 1.93. The molecule has 0 unspecified atom stereocenters. The van der Waals surface area contributed by atoms with Gasteiger partial charge in [-0.05, 0) is 87.3 Å². The van der Waals surface area contributed by atoms with Crippen LogP contribution in [-0.2, 0) is 30.5 Å². The van der Waals surface area contributed by atoms with Crippen molar-refractivity contribution in [2.45, 2.75) is 83.3 Å². The first-order chi connectivity index (χ1) is 20.2. The van der Waals surface area contributed by atoms with Gasteiger partial charge in [0.05, 0.1) is 6.54 Å². The first-order valence-corrected chi connectivity index (χ1v) is 15.2. The average Bonchev–Trinajstić information content (AvgIpc) is 2.96. The van der Waals surface area contributed by atoms with Gasteiger partial charge in [-0.1, -0.05) is 13.3 Å². The van der Waals surface area contributed by atoms with Crippen LogP contribution < -0.4 is 32.1 Å². The summed E-state index contributed by atoms with van der Waals surface area (Å²) in [4.78, 5) is 75.5. The van der Waals surface area contributed by atoms with Gasteiger partial charge in [-0.25, -0.2) is 0 Å². The van der Waals surface area contributed by atoms with Crippen LogP contribution in [0.2, 0.25) is 0 Å². The maximum absolute atomic E-state index is 13.2. The third kappa shape index (κ3) is 8.05. The number of rotatable bonds is 15. The summed E-state index contributed by atoms with van der Waals surface area (Å²) < 4.78 is 1.25. The number of carbonyl (C=O) groups is 5. The van der Waals surface area contributed by atoms with Crippen LogP contribution in [0.4, 0.5) is 5.69 Å². The van der Waals surface area contributed by atoms with Crippen molar-refractivity contribution in [2.24, 2.45) is 23.7 Å². The summed E-state index contributed by atoms with van der Waals surface area (Å²) in [6.45, 7) is 2.47. The van der Waals surface area contributed by atoms with Crippen molar-refractivity contribution < 1.29 is 31.1 Å². The Hall–Kier alpha value is -3.54. The van der Waals surface area contributed by atoms with Crippen LogP contribution >= 0.6 is 0 Å². The highest BCUT2D eigenvalue weighted by atomic mass is 16.2. The van der Waals surface area contributed by atoms with Gasteiger partial charge in [0.1, 0.15) is 18.3 Å². The van der Waals surface area contributed by atoms with Crippen molar-refractivity contribution in [3.05, 3.63) is 28.7 Å². The number of anilines is 1. The van der Waals surface area contributed by atoms with Crippen molar-refractivity contribution in [1.29, 1.82) is 0 Å². The van der Waals surface area contributed by atoms with E-state index in [1.807, 2.05) is 6.92 Å². The van der Waals surface area contributed by atoms with Crippen LogP contribution in [0.25, 0.3) is 0 Å². The van der Waals surface area contributed by atoms with Gasteiger partial charge < -0.3 is 31.2 Å². The number of carbonyl (C=O) groups excluding carboxylic acids is 5. The zero-order valence-corrected chi connectivity index (χ0v) is 24.6. The van der Waals surface area contributed by atoms with E-state index in [-0.39, 0.29) is 50.7 Å². The number of ketones is 1. The molecule has 0 radical (unpaired) electrons. The summed E-state index contributed by atoms with van der Waals surface area (Å²) in [7, 11) is 1.33. The largest absolute Gasteiger partial charge is 0.353 e. The number of pyridine rings is 1. The van der Waals surface area contributed by atoms with E-state index in [2.05, 4.69) is 26.6 Å². The average molecular weight is 595 g/mol. The van der Waals surface area contributed by atoms with Crippen molar-refractivity contribution in [1.82, 2.24) is 25.8 Å². The van der Waals surface area contributed by atoms with Crippen LogP contribution in [0.15, 0.2) is 23.1 Å². The Balaban J connectivity index is 0. The lowest BCUT2D eigenvalue weighted by molar-refractivity contribution is -0.137. The molecule has 0 saturated heterocycles. The van der Waals surface area contributed by atoms with Gasteiger partial charge in [0, 0.05) is 32.8 Å². The lowest BCUT2D eigenvalue weighted by Gasteiger charge is -2.54. The molecule has 4 aliphatic rings. The molecule has 4 fully saturated rings. The molecule has 0 aromatic carbocycles. The second-order valence-electron chi connectivity index (χ2n) is 12.1. The van der Waals surface area contributed by atoms with Gasteiger partial charge in [-0.3, -0.25) is 28.8 Å². The van der Waals surface area contributed by atoms with Crippen LogP contribution in [0, 0.1) is 23.7 Å². The third-order valence-electron chi connectivity index (χ3n) is 8.93. The predicted molar refractivity (Wildman–Crippen MR) is 167 cm³/mol. The summed E-state index contributed by atoms with van der Waals surface area (Å²) in [5.41, 5.74) is -0.610. The number of Topliss-reactive ketones (excluding diaryl/α,β-unsaturated/α-hetero) is 1. The van der Waals surface area contributed by atoms with Crippen molar-refractivity contribution in [3.63, 3.8) is 0 Å². The second kappa shape index (κ2) is 14.6. The summed E-state index contributed by atoms with van der Waals surface area (Å²) >= 11 is 0. The summed E-state index contributed by atoms with van der Waals surface area (Å²) in [6, 6.07) is 1.98. The lowest BCUT2D eigenvalue weighted by Crippen LogP contribution is -2.56. The van der Waals surface area contributed by atoms with E-state index in [9.17, 15) is 28.8 Å². The number of likely N-dealkylation sites (N-methyl/N-ethyl adjacent to an activating group) is 1. The summed E-state index contributed by atoms with van der Waals surface area (Å²) in [5, 5.41) is 13.6. The Labute approximate surface area is 253 Å². The number of aromatic nitrogens is 1. The van der Waals surface area contributed by atoms with E-state index in [0.717, 1.165) is 24.7 Å². The number of hydrogen-bond acceptors (Lipinski definition) is 7. The maximum Gasteiger partial charge on any atom is 0.287 e. The first-order valence-electron chi connectivity index (χ1n) is 15.2. The summed E-state index contributed by atoms with van der Waals surface area (Å²) in [5.74, 6) is -0.301. The molecule has 12 heteroatoms. The van der Waals surface area contributed by atoms with E-state index < -0.39 is 35.1 Å². The van der Waals surface area contributed by atoms with Gasteiger partial charge >= 0.3 is 0 Å². The molecule has 0 spiro atoms. The van der Waals surface area contributed by atoms with Crippen LogP contribution in [0.3, 0.4) is 0 Å². The van der Waals surface area contributed by atoms with E-state index in [1.165, 1.54) is 56.0 Å². The minimum Gasteiger partial charge on any atom is -0.353 e. The Morgan fingerprint density at radius 2 is 1.71 bits per heavy atom. The molecule has 42 heavy (non-hydrogen) atoms. The molecule has 5 rings (SSSR count). The fourth-order valence-electron chi connectivity index (χ4n) is 7.07. The molecule has 12 nitrogen and oxygen atoms in total. The molecular formula is C30H54N6O6. The number of amides is 4. The zero-order valence-electron chi connectivity index (χ0n) is 24.6. The monoisotopic (exact) mass is 594 g/mol. The molecule has 4 amide bonds. The second-order valence-corrected chi connectivity index (χ2v) is 12.1. The highest BCUT2D eigenvalue weighted by Gasteiger charge is 2.48. The van der Waals surface area contributed by atoms with Gasteiger partial charge in [0.25, 0.3) is 11.5 Å². The minimum absolute atomic E-state index is 0. The van der Waals surface area contributed by atoms with Gasteiger partial charge in [-0.15, -0.1) is 0 Å². The zero-order chi connectivity index (χ0) is 30.2. The molecule has 4 bridgehead atoms. The quantitative estimate of drug-likeness (QED) is 0.153. The van der Waals surface area contributed by atoms with E-state index in [4.69, 9.17) is 0 Å². The van der Waals surface area contributed by atoms with Crippen LogP contribution in [-0.4, -0.2) is 66.2 Å². The molecule has 1 atom stereocenters. The van der Waals surface area contributed by atoms with Crippen molar-refractivity contribution in [3.8, 4) is 0 Å². The SMILES string of the molecule is CCCCNCC(=O)N[C@@H](CCC(=O)C(=O)NC)C(=O)Nc1cccn(CC(=O)NC2C3CC4CC(C3)CC2C4)c1=O.[HH].[HH].[HH].[HH].[HH]. The maximum atomic E-state index is 13.2. The fraction of sp³-hybridized carbons (Fsp3) is 0.667.